The molecule has 2 amide bonds. The van der Waals surface area contributed by atoms with E-state index in [1.807, 2.05) is 6.07 Å². The molecule has 6 nitrogen and oxygen atoms in total. The first-order valence-electron chi connectivity index (χ1n) is 11.6. The molecule has 1 aliphatic heterocycles. The summed E-state index contributed by atoms with van der Waals surface area (Å²) >= 11 is 0. The molecule has 0 radical (unpaired) electrons. The lowest BCUT2D eigenvalue weighted by Crippen LogP contribution is -2.36. The number of carbonyl (C=O) groups excluding carboxylic acids is 2. The summed E-state index contributed by atoms with van der Waals surface area (Å²) in [5.41, 5.74) is 1.71. The predicted molar refractivity (Wildman–Crippen MR) is 120 cm³/mol. The van der Waals surface area contributed by atoms with Crippen LogP contribution in [0, 0.1) is 34.8 Å². The average molecular weight is 468 g/mol. The lowest BCUT2D eigenvalue weighted by atomic mass is 9.78. The Morgan fingerprint density at radius 2 is 1.88 bits per heavy atom. The van der Waals surface area contributed by atoms with E-state index in [1.54, 1.807) is 12.1 Å². The molecule has 4 rings (SSSR count). The zero-order valence-corrected chi connectivity index (χ0v) is 19.0. The maximum Gasteiger partial charge on any atom is 0.251 e. The fourth-order valence-electron chi connectivity index (χ4n) is 4.98. The van der Waals surface area contributed by atoms with Crippen LogP contribution in [0.15, 0.2) is 36.4 Å². The van der Waals surface area contributed by atoms with Gasteiger partial charge in [0.05, 0.1) is 24.3 Å². The molecule has 34 heavy (non-hydrogen) atoms. The number of halogens is 2. The second-order valence-corrected chi connectivity index (χ2v) is 8.99. The van der Waals surface area contributed by atoms with Crippen LogP contribution in [0.1, 0.15) is 65.2 Å². The van der Waals surface area contributed by atoms with Crippen molar-refractivity contribution in [2.24, 2.45) is 11.8 Å². The summed E-state index contributed by atoms with van der Waals surface area (Å²) in [5, 5.41) is 13.0. The topological polar surface area (TPSA) is 82.4 Å². The number of nitriles is 1. The Morgan fingerprint density at radius 3 is 2.59 bits per heavy atom. The number of hydrogen-bond donors (Lipinski definition) is 1. The Hall–Kier alpha value is -3.31. The van der Waals surface area contributed by atoms with E-state index in [-0.39, 0.29) is 35.0 Å². The van der Waals surface area contributed by atoms with Crippen LogP contribution in [0.3, 0.4) is 0 Å². The van der Waals surface area contributed by atoms with Gasteiger partial charge in [-0.2, -0.15) is 5.26 Å². The average Bonchev–Trinajstić information content (AvgIpc) is 3.34. The monoisotopic (exact) mass is 467 g/mol. The van der Waals surface area contributed by atoms with Crippen LogP contribution in [0.25, 0.3) is 0 Å². The highest BCUT2D eigenvalue weighted by Gasteiger charge is 2.37. The van der Waals surface area contributed by atoms with Gasteiger partial charge in [0.1, 0.15) is 11.6 Å². The number of hydroxylamine groups is 2. The van der Waals surface area contributed by atoms with E-state index in [2.05, 4.69) is 5.32 Å². The molecule has 0 spiro atoms. The van der Waals surface area contributed by atoms with Crippen LogP contribution in [-0.2, 0) is 16.1 Å². The lowest BCUT2D eigenvalue weighted by Gasteiger charge is -2.32. The van der Waals surface area contributed by atoms with E-state index in [0.29, 0.717) is 49.0 Å². The first-order chi connectivity index (χ1) is 16.4. The number of carbonyl (C=O) groups is 2. The Labute approximate surface area is 197 Å². The molecule has 0 bridgehead atoms. The SMILES string of the molecule is CNC(=O)c1ccc(F)c(C[C@H]2CC[C@H](C(=O)N3OCC[C@H]3c3cc(F)cc(C#N)c3)CC2)c1. The third-order valence-corrected chi connectivity index (χ3v) is 6.80. The van der Waals surface area contributed by atoms with Crippen LogP contribution in [0.5, 0.6) is 0 Å². The number of nitrogens with zero attached hydrogens (tertiary/aromatic N) is 2. The smallest absolute Gasteiger partial charge is 0.251 e. The lowest BCUT2D eigenvalue weighted by molar-refractivity contribution is -0.183. The molecule has 0 aromatic heterocycles. The molecular formula is C26H27F2N3O3. The molecule has 2 fully saturated rings. The molecule has 0 unspecified atom stereocenters. The number of hydrogen-bond acceptors (Lipinski definition) is 4. The second-order valence-electron chi connectivity index (χ2n) is 8.99. The fraction of sp³-hybridized carbons (Fsp3) is 0.423. The molecule has 1 saturated carbocycles. The van der Waals surface area contributed by atoms with Crippen molar-refractivity contribution >= 4 is 11.8 Å². The zero-order valence-electron chi connectivity index (χ0n) is 19.0. The van der Waals surface area contributed by atoms with Crippen molar-refractivity contribution in [1.82, 2.24) is 10.4 Å². The van der Waals surface area contributed by atoms with E-state index in [9.17, 15) is 18.4 Å². The maximum absolute atomic E-state index is 14.3. The van der Waals surface area contributed by atoms with Crippen LogP contribution >= 0.6 is 0 Å². The second kappa shape index (κ2) is 10.3. The Morgan fingerprint density at radius 1 is 1.12 bits per heavy atom. The normalized spacial score (nSPS) is 22.3. The van der Waals surface area contributed by atoms with Crippen molar-refractivity contribution < 1.29 is 23.2 Å². The highest BCUT2D eigenvalue weighted by atomic mass is 19.1. The third-order valence-electron chi connectivity index (χ3n) is 6.80. The molecule has 1 N–H and O–H groups in total. The van der Waals surface area contributed by atoms with Gasteiger partial charge in [-0.05, 0) is 85.5 Å². The first-order valence-corrected chi connectivity index (χ1v) is 11.6. The molecule has 1 saturated heterocycles. The summed E-state index contributed by atoms with van der Waals surface area (Å²) < 4.78 is 28.3. The predicted octanol–water partition coefficient (Wildman–Crippen LogP) is 4.45. The zero-order chi connectivity index (χ0) is 24.2. The minimum absolute atomic E-state index is 0.128. The number of amides is 2. The van der Waals surface area contributed by atoms with Gasteiger partial charge in [-0.3, -0.25) is 14.4 Å². The standard InChI is InChI=1S/C26H27F2N3O3/c1-30-25(32)19-6-7-23(28)20(13-19)10-16-2-4-18(5-3-16)26(33)31-24(8-9-34-31)21-11-17(15-29)12-22(27)14-21/h6-7,11-14,16,18,24H,2-5,8-10H2,1H3,(H,30,32)/t16-,18-,24-/m0/s1. The van der Waals surface area contributed by atoms with Crippen LogP contribution in [0.2, 0.25) is 0 Å². The minimum Gasteiger partial charge on any atom is -0.355 e. The molecule has 2 aromatic carbocycles. The molecular weight excluding hydrogens is 440 g/mol. The molecule has 178 valence electrons. The van der Waals surface area contributed by atoms with Gasteiger partial charge in [-0.15, -0.1) is 0 Å². The van der Waals surface area contributed by atoms with E-state index in [4.69, 9.17) is 10.1 Å². The van der Waals surface area contributed by atoms with Gasteiger partial charge in [-0.25, -0.2) is 13.8 Å². The van der Waals surface area contributed by atoms with Gasteiger partial charge in [0.2, 0.25) is 5.91 Å². The van der Waals surface area contributed by atoms with Crippen molar-refractivity contribution in [1.29, 1.82) is 5.26 Å². The van der Waals surface area contributed by atoms with Crippen LogP contribution in [0.4, 0.5) is 8.78 Å². The van der Waals surface area contributed by atoms with Crippen molar-refractivity contribution in [3.8, 4) is 6.07 Å². The van der Waals surface area contributed by atoms with E-state index in [1.165, 1.54) is 36.4 Å². The Bertz CT molecular complexity index is 1120. The van der Waals surface area contributed by atoms with Crippen molar-refractivity contribution in [3.63, 3.8) is 0 Å². The van der Waals surface area contributed by atoms with Crippen molar-refractivity contribution in [2.45, 2.75) is 44.6 Å². The quantitative estimate of drug-likeness (QED) is 0.704. The molecule has 2 aliphatic rings. The Balaban J connectivity index is 1.39. The van der Waals surface area contributed by atoms with Gasteiger partial charge < -0.3 is 5.32 Å². The summed E-state index contributed by atoms with van der Waals surface area (Å²) in [4.78, 5) is 30.7. The first kappa shape index (κ1) is 23.8. The summed E-state index contributed by atoms with van der Waals surface area (Å²) in [6.07, 6.45) is 3.88. The molecule has 1 heterocycles. The molecule has 8 heteroatoms. The number of benzene rings is 2. The molecule has 2 aromatic rings. The maximum atomic E-state index is 14.3. The fourth-order valence-corrected chi connectivity index (χ4v) is 4.98. The number of nitrogens with one attached hydrogen (secondary N) is 1. The van der Waals surface area contributed by atoms with Crippen molar-refractivity contribution in [2.75, 3.05) is 13.7 Å². The van der Waals surface area contributed by atoms with E-state index in [0.717, 1.165) is 12.8 Å². The van der Waals surface area contributed by atoms with Crippen molar-refractivity contribution in [3.05, 3.63) is 70.3 Å². The van der Waals surface area contributed by atoms with E-state index >= 15 is 0 Å². The summed E-state index contributed by atoms with van der Waals surface area (Å²) in [6.45, 7) is 0.352. The van der Waals surface area contributed by atoms with E-state index < -0.39 is 11.9 Å². The van der Waals surface area contributed by atoms with Gasteiger partial charge in [-0.1, -0.05) is 0 Å². The van der Waals surface area contributed by atoms with Gasteiger partial charge in [0.15, 0.2) is 0 Å². The minimum atomic E-state index is -0.512. The van der Waals surface area contributed by atoms with Crippen LogP contribution < -0.4 is 5.32 Å². The highest BCUT2D eigenvalue weighted by molar-refractivity contribution is 5.94. The number of rotatable bonds is 5. The Kier molecular flexibility index (Phi) is 7.23. The van der Waals surface area contributed by atoms with Gasteiger partial charge in [0, 0.05) is 24.9 Å². The van der Waals surface area contributed by atoms with Gasteiger partial charge >= 0.3 is 0 Å². The van der Waals surface area contributed by atoms with Crippen LogP contribution in [-0.4, -0.2) is 30.5 Å². The van der Waals surface area contributed by atoms with Gasteiger partial charge in [0.25, 0.3) is 5.91 Å². The molecule has 1 atom stereocenters. The summed E-state index contributed by atoms with van der Waals surface area (Å²) in [6, 6.07) is 10.0. The summed E-state index contributed by atoms with van der Waals surface area (Å²) in [7, 11) is 1.54. The third kappa shape index (κ3) is 5.10. The largest absolute Gasteiger partial charge is 0.355 e. The molecule has 1 aliphatic carbocycles. The summed E-state index contributed by atoms with van der Waals surface area (Å²) in [5.74, 6) is -1.22. The highest BCUT2D eigenvalue weighted by Crippen LogP contribution is 2.37.